The molecule has 6 heavy (non-hydrogen) atoms. The fourth-order valence-corrected chi connectivity index (χ4v) is 0. The van der Waals surface area contributed by atoms with Crippen molar-refractivity contribution >= 4 is 9.03 Å². The topological polar surface area (TPSA) is 12.4 Å². The molecule has 0 rings (SSSR count). The SMILES string of the molecule is CC(C)(C)N=P. The summed E-state index contributed by atoms with van der Waals surface area (Å²) in [6.45, 7) is 6.08. The van der Waals surface area contributed by atoms with Crippen molar-refractivity contribution in [2.75, 3.05) is 0 Å². The molecule has 0 amide bonds. The molecule has 0 radical (unpaired) electrons. The molecule has 0 aliphatic heterocycles. The highest BCUT2D eigenvalue weighted by molar-refractivity contribution is 7.04. The zero-order valence-electron chi connectivity index (χ0n) is 4.45. The molecule has 0 spiro atoms. The minimum Gasteiger partial charge on any atom is -0.266 e. The van der Waals surface area contributed by atoms with Crippen molar-refractivity contribution in [3.05, 3.63) is 0 Å². The molecule has 0 atom stereocenters. The molecule has 0 aliphatic carbocycles. The zero-order chi connectivity index (χ0) is 5.21. The summed E-state index contributed by atoms with van der Waals surface area (Å²) in [5.74, 6) is 0. The Balaban J connectivity index is 3.45. The van der Waals surface area contributed by atoms with E-state index in [9.17, 15) is 0 Å². The summed E-state index contributed by atoms with van der Waals surface area (Å²) in [5.41, 5.74) is 0.0802. The molecule has 0 bridgehead atoms. The lowest BCUT2D eigenvalue weighted by Crippen LogP contribution is -2.05. The number of hydrogen-bond acceptors (Lipinski definition) is 1. The van der Waals surface area contributed by atoms with Crippen molar-refractivity contribution < 1.29 is 0 Å². The summed E-state index contributed by atoms with van der Waals surface area (Å²) in [4.78, 5) is 0. The molecule has 0 saturated carbocycles. The maximum Gasteiger partial charge on any atom is 0.0564 e. The highest BCUT2D eigenvalue weighted by Gasteiger charge is 2.01. The van der Waals surface area contributed by atoms with E-state index in [4.69, 9.17) is 0 Å². The van der Waals surface area contributed by atoms with Crippen LogP contribution in [0, 0.1) is 0 Å². The van der Waals surface area contributed by atoms with Crippen LogP contribution in [0.5, 0.6) is 0 Å². The van der Waals surface area contributed by atoms with Crippen LogP contribution in [-0.4, -0.2) is 5.54 Å². The molecule has 0 aromatic carbocycles. The molecule has 0 aromatic rings. The normalized spacial score (nSPS) is 11.2. The Morgan fingerprint density at radius 3 is 1.50 bits per heavy atom. The van der Waals surface area contributed by atoms with E-state index in [2.05, 4.69) is 13.8 Å². The molecule has 0 fully saturated rings. The van der Waals surface area contributed by atoms with Crippen LogP contribution < -0.4 is 0 Å². The largest absolute Gasteiger partial charge is 0.266 e. The second kappa shape index (κ2) is 1.70. The second-order valence-corrected chi connectivity index (χ2v) is 2.51. The Kier molecular flexibility index (Phi) is 1.73. The fraction of sp³-hybridized carbons (Fsp3) is 1.00. The smallest absolute Gasteiger partial charge is 0.0564 e. The summed E-state index contributed by atoms with van der Waals surface area (Å²) in [6.07, 6.45) is 0. The summed E-state index contributed by atoms with van der Waals surface area (Å²) in [7, 11) is 3.04. The van der Waals surface area contributed by atoms with Gasteiger partial charge in [0.25, 0.3) is 0 Å². The van der Waals surface area contributed by atoms with Crippen LogP contribution in [0.25, 0.3) is 0 Å². The van der Waals surface area contributed by atoms with Crippen LogP contribution in [-0.2, 0) is 0 Å². The molecule has 0 N–H and O–H groups in total. The Morgan fingerprint density at radius 1 is 1.33 bits per heavy atom. The Labute approximate surface area is 41.1 Å². The van der Waals surface area contributed by atoms with Gasteiger partial charge in [-0.15, -0.1) is 0 Å². The van der Waals surface area contributed by atoms with Gasteiger partial charge in [-0.05, 0) is 29.8 Å². The highest BCUT2D eigenvalue weighted by atomic mass is 31.0. The minimum atomic E-state index is 0.0802. The van der Waals surface area contributed by atoms with Crippen molar-refractivity contribution in [2.24, 2.45) is 4.74 Å². The van der Waals surface area contributed by atoms with Crippen LogP contribution in [0.1, 0.15) is 20.8 Å². The number of rotatable bonds is 0. The lowest BCUT2D eigenvalue weighted by molar-refractivity contribution is 0.594. The highest BCUT2D eigenvalue weighted by Crippen LogP contribution is 2.06. The summed E-state index contributed by atoms with van der Waals surface area (Å²) in [5, 5.41) is 0. The van der Waals surface area contributed by atoms with E-state index in [1.807, 2.05) is 20.8 Å². The third kappa shape index (κ3) is 4.10. The number of nitrogens with zero attached hydrogens (tertiary/aromatic N) is 1. The quantitative estimate of drug-likeness (QED) is 0.416. The zero-order valence-corrected chi connectivity index (χ0v) is 5.45. The van der Waals surface area contributed by atoms with E-state index in [1.165, 1.54) is 0 Å². The molecule has 0 unspecified atom stereocenters. The van der Waals surface area contributed by atoms with Crippen molar-refractivity contribution in [1.29, 1.82) is 0 Å². The van der Waals surface area contributed by atoms with Gasteiger partial charge in [0, 0.05) is 0 Å². The molecule has 2 heteroatoms. The second-order valence-electron chi connectivity index (χ2n) is 2.28. The maximum atomic E-state index is 3.83. The third-order valence-electron chi connectivity index (χ3n) is 0.335. The number of hydrogen-bond donors (Lipinski definition) is 0. The fourth-order valence-electron chi connectivity index (χ4n) is 0. The first-order valence-electron chi connectivity index (χ1n) is 1.95. The average Bonchev–Trinajstić information content (AvgIpc) is 1.35. The molecule has 0 aliphatic rings. The van der Waals surface area contributed by atoms with Gasteiger partial charge in [0.05, 0.1) is 5.54 Å². The predicted octanol–water partition coefficient (Wildman–Crippen LogP) is 2.11. The van der Waals surface area contributed by atoms with Gasteiger partial charge in [0.2, 0.25) is 0 Å². The average molecular weight is 103 g/mol. The van der Waals surface area contributed by atoms with E-state index >= 15 is 0 Å². The summed E-state index contributed by atoms with van der Waals surface area (Å²) < 4.78 is 3.83. The first kappa shape index (κ1) is 6.10. The molecule has 1 nitrogen and oxygen atoms in total. The first-order valence-corrected chi connectivity index (χ1v) is 2.39. The minimum absolute atomic E-state index is 0.0802. The van der Waals surface area contributed by atoms with Crippen molar-refractivity contribution in [2.45, 2.75) is 26.3 Å². The lowest BCUT2D eigenvalue weighted by Gasteiger charge is -2.07. The van der Waals surface area contributed by atoms with Crippen molar-refractivity contribution in [3.63, 3.8) is 0 Å². The molecule has 36 valence electrons. The first-order chi connectivity index (χ1) is 2.56. The van der Waals surface area contributed by atoms with Crippen LogP contribution in [0.4, 0.5) is 0 Å². The Hall–Kier alpha value is 0.100. The molecular formula is C4H10NP. The van der Waals surface area contributed by atoms with Crippen LogP contribution in [0.15, 0.2) is 4.74 Å². The van der Waals surface area contributed by atoms with E-state index < -0.39 is 0 Å². The summed E-state index contributed by atoms with van der Waals surface area (Å²) in [6, 6.07) is 0. The maximum absolute atomic E-state index is 3.83. The van der Waals surface area contributed by atoms with E-state index in [-0.39, 0.29) is 5.54 Å². The van der Waals surface area contributed by atoms with Crippen molar-refractivity contribution in [1.82, 2.24) is 0 Å². The van der Waals surface area contributed by atoms with Gasteiger partial charge in [-0.3, -0.25) is 4.74 Å². The monoisotopic (exact) mass is 103 g/mol. The third-order valence-corrected chi connectivity index (χ3v) is 1.01. The Bertz CT molecular complexity index is 53.1. The van der Waals surface area contributed by atoms with Gasteiger partial charge in [-0.1, -0.05) is 0 Å². The van der Waals surface area contributed by atoms with E-state index in [0.29, 0.717) is 0 Å². The summed E-state index contributed by atoms with van der Waals surface area (Å²) >= 11 is 0. The van der Waals surface area contributed by atoms with Gasteiger partial charge in [0.15, 0.2) is 0 Å². The van der Waals surface area contributed by atoms with Gasteiger partial charge >= 0.3 is 0 Å². The molecule has 0 saturated heterocycles. The molecular weight excluding hydrogens is 93.0 g/mol. The lowest BCUT2D eigenvalue weighted by atomic mass is 10.1. The molecule has 0 aromatic heterocycles. The van der Waals surface area contributed by atoms with Gasteiger partial charge in [0.1, 0.15) is 0 Å². The van der Waals surface area contributed by atoms with Gasteiger partial charge < -0.3 is 0 Å². The standard InChI is InChI=1S/C4H10NP/c1-4(2,3)5-6/h6H,1-3H3. The van der Waals surface area contributed by atoms with Crippen molar-refractivity contribution in [3.8, 4) is 0 Å². The van der Waals surface area contributed by atoms with Crippen LogP contribution >= 0.6 is 9.03 Å². The predicted molar refractivity (Wildman–Crippen MR) is 30.5 cm³/mol. The van der Waals surface area contributed by atoms with Gasteiger partial charge in [-0.2, -0.15) is 0 Å². The molecule has 0 heterocycles. The van der Waals surface area contributed by atoms with E-state index in [1.54, 1.807) is 0 Å². The van der Waals surface area contributed by atoms with E-state index in [0.717, 1.165) is 0 Å². The van der Waals surface area contributed by atoms with Gasteiger partial charge in [-0.25, -0.2) is 0 Å². The Morgan fingerprint density at radius 2 is 1.50 bits per heavy atom. The van der Waals surface area contributed by atoms with Crippen LogP contribution in [0.2, 0.25) is 0 Å². The van der Waals surface area contributed by atoms with Crippen LogP contribution in [0.3, 0.4) is 0 Å².